The van der Waals surface area contributed by atoms with Crippen LogP contribution in [0.4, 0.5) is 5.69 Å². The molecule has 1 aromatic heterocycles. The Balaban J connectivity index is 1.91. The van der Waals surface area contributed by atoms with Crippen molar-refractivity contribution < 1.29 is 0 Å². The molecule has 86 valence electrons. The van der Waals surface area contributed by atoms with Crippen molar-refractivity contribution in [3.05, 3.63) is 60.4 Å². The van der Waals surface area contributed by atoms with E-state index in [0.29, 0.717) is 6.04 Å². The highest BCUT2D eigenvalue weighted by molar-refractivity contribution is 5.48. The number of nitrogens with one attached hydrogen (secondary N) is 1. The van der Waals surface area contributed by atoms with Gasteiger partial charge in [0.05, 0.1) is 11.7 Å². The number of hydrogen-bond donors (Lipinski definition) is 1. The molecule has 0 bridgehead atoms. The van der Waals surface area contributed by atoms with Crippen LogP contribution in [0.1, 0.15) is 18.0 Å². The normalized spacial score (nSPS) is 19.5. The first-order valence-corrected chi connectivity index (χ1v) is 5.93. The predicted molar refractivity (Wildman–Crippen MR) is 68.5 cm³/mol. The predicted octanol–water partition coefficient (Wildman–Crippen LogP) is 2.54. The van der Waals surface area contributed by atoms with E-state index in [1.54, 1.807) is 0 Å². The molecule has 17 heavy (non-hydrogen) atoms. The molecule has 0 radical (unpaired) electrons. The van der Waals surface area contributed by atoms with Crippen LogP contribution in [0.2, 0.25) is 0 Å². The van der Waals surface area contributed by atoms with Gasteiger partial charge in [-0.25, -0.2) is 5.43 Å². The van der Waals surface area contributed by atoms with E-state index >= 15 is 0 Å². The average Bonchev–Trinajstić information content (AvgIpc) is 2.90. The quantitative estimate of drug-likeness (QED) is 0.851. The van der Waals surface area contributed by atoms with Gasteiger partial charge in [-0.3, -0.25) is 4.98 Å². The molecule has 0 spiro atoms. The number of para-hydroxylation sites is 1. The largest absolute Gasteiger partial charge is 0.301 e. The van der Waals surface area contributed by atoms with E-state index in [9.17, 15) is 0 Å². The van der Waals surface area contributed by atoms with Crippen molar-refractivity contribution in [1.29, 1.82) is 0 Å². The summed E-state index contributed by atoms with van der Waals surface area (Å²) >= 11 is 0. The van der Waals surface area contributed by atoms with E-state index in [1.807, 2.05) is 18.5 Å². The van der Waals surface area contributed by atoms with Crippen molar-refractivity contribution >= 4 is 5.69 Å². The monoisotopic (exact) mass is 225 g/mol. The molecule has 1 aromatic carbocycles. The van der Waals surface area contributed by atoms with Crippen LogP contribution >= 0.6 is 0 Å². The molecule has 2 aromatic rings. The van der Waals surface area contributed by atoms with Gasteiger partial charge in [-0.1, -0.05) is 18.2 Å². The van der Waals surface area contributed by atoms with Gasteiger partial charge in [-0.2, -0.15) is 0 Å². The Morgan fingerprint density at radius 3 is 2.59 bits per heavy atom. The fourth-order valence-corrected chi connectivity index (χ4v) is 2.32. The number of nitrogens with zero attached hydrogens (tertiary/aromatic N) is 2. The van der Waals surface area contributed by atoms with E-state index < -0.39 is 0 Å². The number of aromatic nitrogens is 1. The van der Waals surface area contributed by atoms with Crippen LogP contribution in [-0.4, -0.2) is 11.5 Å². The Labute approximate surface area is 101 Å². The van der Waals surface area contributed by atoms with Gasteiger partial charge in [0.1, 0.15) is 0 Å². The van der Waals surface area contributed by atoms with Crippen LogP contribution in [-0.2, 0) is 0 Å². The smallest absolute Gasteiger partial charge is 0.0718 e. The van der Waals surface area contributed by atoms with Crippen LogP contribution in [0.3, 0.4) is 0 Å². The van der Waals surface area contributed by atoms with Crippen molar-refractivity contribution in [2.24, 2.45) is 0 Å². The zero-order valence-electron chi connectivity index (χ0n) is 9.58. The summed E-state index contributed by atoms with van der Waals surface area (Å²) in [4.78, 5) is 4.08. The lowest BCUT2D eigenvalue weighted by molar-refractivity contribution is 0.683. The molecule has 1 aliphatic heterocycles. The Kier molecular flexibility index (Phi) is 2.76. The Morgan fingerprint density at radius 2 is 1.82 bits per heavy atom. The van der Waals surface area contributed by atoms with Gasteiger partial charge in [0, 0.05) is 18.9 Å². The zero-order valence-corrected chi connectivity index (χ0v) is 9.58. The lowest BCUT2D eigenvalue weighted by atomic mass is 10.1. The third kappa shape index (κ3) is 2.01. The standard InChI is InChI=1S/C14H15N3/c1-2-4-13(5-3-1)17-14(8-11-16-17)12-6-9-15-10-7-12/h1-7,9-10,14,16H,8,11H2. The van der Waals surface area contributed by atoms with Gasteiger partial charge in [0.15, 0.2) is 0 Å². The molecule has 1 aliphatic rings. The van der Waals surface area contributed by atoms with Gasteiger partial charge >= 0.3 is 0 Å². The first kappa shape index (κ1) is 10.3. The van der Waals surface area contributed by atoms with Crippen molar-refractivity contribution in [2.75, 3.05) is 11.6 Å². The van der Waals surface area contributed by atoms with E-state index in [2.05, 4.69) is 51.8 Å². The van der Waals surface area contributed by atoms with Crippen LogP contribution < -0.4 is 10.4 Å². The average molecular weight is 225 g/mol. The summed E-state index contributed by atoms with van der Waals surface area (Å²) in [6, 6.07) is 15.0. The molecule has 1 N–H and O–H groups in total. The summed E-state index contributed by atoms with van der Waals surface area (Å²) in [6.45, 7) is 1.02. The van der Waals surface area contributed by atoms with Crippen LogP contribution in [0.25, 0.3) is 0 Å². The van der Waals surface area contributed by atoms with Crippen molar-refractivity contribution in [1.82, 2.24) is 10.4 Å². The maximum atomic E-state index is 4.08. The van der Waals surface area contributed by atoms with Crippen molar-refractivity contribution in [2.45, 2.75) is 12.5 Å². The maximum absolute atomic E-state index is 4.08. The summed E-state index contributed by atoms with van der Waals surface area (Å²) in [5.74, 6) is 0. The molecule has 0 aliphatic carbocycles. The SMILES string of the molecule is c1ccc(N2NCCC2c2ccncc2)cc1. The molecular weight excluding hydrogens is 210 g/mol. The van der Waals surface area contributed by atoms with E-state index in [4.69, 9.17) is 0 Å². The molecular formula is C14H15N3. The second-order valence-electron chi connectivity index (χ2n) is 4.20. The highest BCUT2D eigenvalue weighted by atomic mass is 15.5. The summed E-state index contributed by atoms with van der Waals surface area (Å²) in [7, 11) is 0. The minimum atomic E-state index is 0.403. The number of anilines is 1. The first-order valence-electron chi connectivity index (χ1n) is 5.93. The number of pyridine rings is 1. The van der Waals surface area contributed by atoms with Gasteiger partial charge in [-0.15, -0.1) is 0 Å². The summed E-state index contributed by atoms with van der Waals surface area (Å²) < 4.78 is 0. The van der Waals surface area contributed by atoms with Crippen LogP contribution in [0, 0.1) is 0 Å². The number of hydrazine groups is 1. The summed E-state index contributed by atoms with van der Waals surface area (Å²) in [5, 5.41) is 2.25. The molecule has 0 amide bonds. The van der Waals surface area contributed by atoms with Gasteiger partial charge < -0.3 is 5.01 Å². The third-order valence-corrected chi connectivity index (χ3v) is 3.14. The summed E-state index contributed by atoms with van der Waals surface area (Å²) in [5.41, 5.74) is 5.96. The van der Waals surface area contributed by atoms with Crippen molar-refractivity contribution in [3.63, 3.8) is 0 Å². The molecule has 3 heteroatoms. The topological polar surface area (TPSA) is 28.2 Å². The number of rotatable bonds is 2. The Hall–Kier alpha value is -1.87. The molecule has 3 rings (SSSR count). The second-order valence-corrected chi connectivity index (χ2v) is 4.20. The summed E-state index contributed by atoms with van der Waals surface area (Å²) in [6.07, 6.45) is 4.84. The van der Waals surface area contributed by atoms with Crippen LogP contribution in [0.5, 0.6) is 0 Å². The molecule has 2 heterocycles. The minimum absolute atomic E-state index is 0.403. The third-order valence-electron chi connectivity index (χ3n) is 3.14. The number of hydrogen-bond acceptors (Lipinski definition) is 3. The first-order chi connectivity index (χ1) is 8.45. The van der Waals surface area contributed by atoms with Crippen LogP contribution in [0.15, 0.2) is 54.9 Å². The Bertz CT molecular complexity index is 424. The Morgan fingerprint density at radius 1 is 1.06 bits per heavy atom. The zero-order chi connectivity index (χ0) is 11.5. The molecule has 1 saturated heterocycles. The molecule has 0 saturated carbocycles. The van der Waals surface area contributed by atoms with E-state index in [1.165, 1.54) is 11.3 Å². The molecule has 1 fully saturated rings. The fourth-order valence-electron chi connectivity index (χ4n) is 2.32. The highest BCUT2D eigenvalue weighted by Gasteiger charge is 2.25. The van der Waals surface area contributed by atoms with Gasteiger partial charge in [-0.05, 0) is 36.2 Å². The van der Waals surface area contributed by atoms with Gasteiger partial charge in [0.25, 0.3) is 0 Å². The van der Waals surface area contributed by atoms with Crippen molar-refractivity contribution in [3.8, 4) is 0 Å². The second kappa shape index (κ2) is 4.55. The number of benzene rings is 1. The molecule has 1 unspecified atom stereocenters. The molecule has 3 nitrogen and oxygen atoms in total. The highest BCUT2D eigenvalue weighted by Crippen LogP contribution is 2.30. The van der Waals surface area contributed by atoms with E-state index in [0.717, 1.165) is 13.0 Å². The van der Waals surface area contributed by atoms with E-state index in [-0.39, 0.29) is 0 Å². The molecule has 1 atom stereocenters. The van der Waals surface area contributed by atoms with Gasteiger partial charge in [0.2, 0.25) is 0 Å². The lowest BCUT2D eigenvalue weighted by Gasteiger charge is -2.26. The lowest BCUT2D eigenvalue weighted by Crippen LogP contribution is -2.32. The maximum Gasteiger partial charge on any atom is 0.0718 e. The fraction of sp³-hybridized carbons (Fsp3) is 0.214. The minimum Gasteiger partial charge on any atom is -0.301 e.